The highest BCUT2D eigenvalue weighted by molar-refractivity contribution is 5.98. The van der Waals surface area contributed by atoms with E-state index in [-0.39, 0.29) is 17.7 Å². The van der Waals surface area contributed by atoms with E-state index in [0.29, 0.717) is 12.8 Å². The van der Waals surface area contributed by atoms with Crippen LogP contribution in [0, 0.1) is 6.92 Å². The highest BCUT2D eigenvalue weighted by Gasteiger charge is 2.26. The zero-order valence-electron chi connectivity index (χ0n) is 10.7. The van der Waals surface area contributed by atoms with Crippen LogP contribution in [0.25, 0.3) is 0 Å². The number of hydrogen-bond acceptors (Lipinski definition) is 2. The number of nitrogens with one attached hydrogen (secondary N) is 1. The normalized spacial score (nSPS) is 23.1. The molecule has 0 radical (unpaired) electrons. The summed E-state index contributed by atoms with van der Waals surface area (Å²) in [4.78, 5) is 23.1. The van der Waals surface area contributed by atoms with Crippen molar-refractivity contribution in [1.82, 2.24) is 9.88 Å². The predicted octanol–water partition coefficient (Wildman–Crippen LogP) is 1.59. The van der Waals surface area contributed by atoms with E-state index in [0.717, 1.165) is 37.1 Å². The molecule has 1 amide bonds. The van der Waals surface area contributed by atoms with Crippen LogP contribution in [0.2, 0.25) is 0 Å². The van der Waals surface area contributed by atoms with Crippen molar-refractivity contribution < 1.29 is 9.59 Å². The maximum Gasteiger partial charge on any atom is 0.220 e. The van der Waals surface area contributed by atoms with E-state index in [2.05, 4.69) is 9.88 Å². The van der Waals surface area contributed by atoms with Crippen molar-refractivity contribution in [2.75, 3.05) is 0 Å². The number of rotatable bonds is 2. The highest BCUT2D eigenvalue weighted by atomic mass is 16.2. The molecule has 1 aromatic rings. The third kappa shape index (κ3) is 1.85. The van der Waals surface area contributed by atoms with Gasteiger partial charge in [0, 0.05) is 42.4 Å². The van der Waals surface area contributed by atoms with Crippen LogP contribution in [-0.2, 0) is 17.8 Å². The highest BCUT2D eigenvalue weighted by Crippen LogP contribution is 2.26. The summed E-state index contributed by atoms with van der Waals surface area (Å²) in [6, 6.07) is 2.23. The lowest BCUT2D eigenvalue weighted by atomic mass is 9.96. The maximum atomic E-state index is 11.9. The van der Waals surface area contributed by atoms with Gasteiger partial charge in [0.15, 0.2) is 5.78 Å². The zero-order chi connectivity index (χ0) is 12.7. The number of aryl methyl sites for hydroxylation is 1. The summed E-state index contributed by atoms with van der Waals surface area (Å²) in [5.41, 5.74) is 3.21. The Morgan fingerprint density at radius 3 is 2.89 bits per heavy atom. The van der Waals surface area contributed by atoms with Crippen LogP contribution in [0.15, 0.2) is 6.07 Å². The summed E-state index contributed by atoms with van der Waals surface area (Å²) in [7, 11) is 0. The Kier molecular flexibility index (Phi) is 2.73. The fourth-order valence-corrected chi connectivity index (χ4v) is 3.08. The Morgan fingerprint density at radius 2 is 2.17 bits per heavy atom. The molecule has 96 valence electrons. The van der Waals surface area contributed by atoms with E-state index in [4.69, 9.17) is 0 Å². The molecular formula is C14H18N2O2. The summed E-state index contributed by atoms with van der Waals surface area (Å²) >= 11 is 0. The molecule has 1 fully saturated rings. The van der Waals surface area contributed by atoms with Gasteiger partial charge in [0.25, 0.3) is 0 Å². The molecule has 0 spiro atoms. The molecule has 1 saturated heterocycles. The lowest BCUT2D eigenvalue weighted by Crippen LogP contribution is -2.30. The van der Waals surface area contributed by atoms with Crippen LogP contribution in [-0.4, -0.2) is 22.3 Å². The van der Waals surface area contributed by atoms with Gasteiger partial charge in [0.1, 0.15) is 0 Å². The molecule has 0 saturated carbocycles. The first-order valence-electron chi connectivity index (χ1n) is 6.66. The molecule has 18 heavy (non-hydrogen) atoms. The number of fused-ring (bicyclic) bond motifs is 1. The van der Waals surface area contributed by atoms with Crippen LogP contribution in [0.5, 0.6) is 0 Å². The van der Waals surface area contributed by atoms with E-state index in [1.54, 1.807) is 0 Å². The van der Waals surface area contributed by atoms with Crippen LogP contribution in [0.4, 0.5) is 0 Å². The Balaban J connectivity index is 1.88. The quantitative estimate of drug-likeness (QED) is 0.861. The minimum atomic E-state index is 0.148. The van der Waals surface area contributed by atoms with E-state index in [1.165, 1.54) is 5.69 Å². The molecule has 2 heterocycles. The maximum absolute atomic E-state index is 11.9. The molecule has 2 aliphatic rings. The minimum absolute atomic E-state index is 0.148. The van der Waals surface area contributed by atoms with Crippen molar-refractivity contribution in [3.63, 3.8) is 0 Å². The van der Waals surface area contributed by atoms with Crippen LogP contribution >= 0.6 is 0 Å². The molecule has 1 aliphatic heterocycles. The van der Waals surface area contributed by atoms with Crippen molar-refractivity contribution in [2.45, 2.75) is 51.6 Å². The van der Waals surface area contributed by atoms with Crippen molar-refractivity contribution in [2.24, 2.45) is 0 Å². The molecule has 1 aliphatic carbocycles. The van der Waals surface area contributed by atoms with Gasteiger partial charge in [0.05, 0.1) is 0 Å². The molecule has 0 aromatic carbocycles. The van der Waals surface area contributed by atoms with Gasteiger partial charge in [-0.05, 0) is 32.3 Å². The Hall–Kier alpha value is -1.58. The SMILES string of the molecule is Cc1cc2c(n1CC1CCC(=O)N1)CCCC2=O. The van der Waals surface area contributed by atoms with Gasteiger partial charge in [-0.3, -0.25) is 9.59 Å². The lowest BCUT2D eigenvalue weighted by molar-refractivity contribution is -0.119. The number of aromatic nitrogens is 1. The first-order chi connectivity index (χ1) is 8.65. The van der Waals surface area contributed by atoms with E-state index in [9.17, 15) is 9.59 Å². The molecular weight excluding hydrogens is 228 g/mol. The molecule has 1 unspecified atom stereocenters. The molecule has 3 rings (SSSR count). The van der Waals surface area contributed by atoms with Gasteiger partial charge in [0.2, 0.25) is 5.91 Å². The van der Waals surface area contributed by atoms with Gasteiger partial charge >= 0.3 is 0 Å². The third-order valence-electron chi connectivity index (χ3n) is 4.02. The molecule has 4 heteroatoms. The van der Waals surface area contributed by atoms with Crippen LogP contribution in [0.3, 0.4) is 0 Å². The average molecular weight is 246 g/mol. The van der Waals surface area contributed by atoms with Gasteiger partial charge in [-0.15, -0.1) is 0 Å². The summed E-state index contributed by atoms with van der Waals surface area (Å²) in [6.07, 6.45) is 4.14. The Morgan fingerprint density at radius 1 is 1.33 bits per heavy atom. The summed E-state index contributed by atoms with van der Waals surface area (Å²) in [5.74, 6) is 0.420. The first-order valence-corrected chi connectivity index (χ1v) is 6.66. The van der Waals surface area contributed by atoms with Gasteiger partial charge in [-0.2, -0.15) is 0 Å². The first kappa shape index (κ1) is 11.5. The second-order valence-electron chi connectivity index (χ2n) is 5.34. The number of ketones is 1. The van der Waals surface area contributed by atoms with Crippen molar-refractivity contribution in [3.8, 4) is 0 Å². The Bertz CT molecular complexity index is 516. The molecule has 4 nitrogen and oxygen atoms in total. The van der Waals surface area contributed by atoms with Gasteiger partial charge in [-0.1, -0.05) is 0 Å². The third-order valence-corrected chi connectivity index (χ3v) is 4.02. The van der Waals surface area contributed by atoms with E-state index < -0.39 is 0 Å². The summed E-state index contributed by atoms with van der Waals surface area (Å²) in [6.45, 7) is 2.85. The Labute approximate surface area is 106 Å². The second kappa shape index (κ2) is 4.26. The number of amides is 1. The number of carbonyl (C=O) groups is 2. The second-order valence-corrected chi connectivity index (χ2v) is 5.34. The summed E-state index contributed by atoms with van der Waals surface area (Å²) < 4.78 is 2.22. The number of nitrogens with zero attached hydrogens (tertiary/aromatic N) is 1. The van der Waals surface area contributed by atoms with Crippen LogP contribution in [0.1, 0.15) is 47.4 Å². The molecule has 0 bridgehead atoms. The van der Waals surface area contributed by atoms with Gasteiger partial charge in [-0.25, -0.2) is 0 Å². The molecule has 1 N–H and O–H groups in total. The fraction of sp³-hybridized carbons (Fsp3) is 0.571. The van der Waals surface area contributed by atoms with Gasteiger partial charge < -0.3 is 9.88 Å². The molecule has 1 aromatic heterocycles. The van der Waals surface area contributed by atoms with Crippen molar-refractivity contribution in [3.05, 3.63) is 23.0 Å². The summed E-state index contributed by atoms with van der Waals surface area (Å²) in [5, 5.41) is 2.99. The predicted molar refractivity (Wildman–Crippen MR) is 67.6 cm³/mol. The minimum Gasteiger partial charge on any atom is -0.352 e. The van der Waals surface area contributed by atoms with E-state index >= 15 is 0 Å². The number of Topliss-reactive ketones (excluding diaryl/α,β-unsaturated/α-hetero) is 1. The molecule has 1 atom stereocenters. The van der Waals surface area contributed by atoms with E-state index in [1.807, 2.05) is 13.0 Å². The zero-order valence-corrected chi connectivity index (χ0v) is 10.7. The smallest absolute Gasteiger partial charge is 0.220 e. The van der Waals surface area contributed by atoms with Crippen molar-refractivity contribution >= 4 is 11.7 Å². The number of hydrogen-bond donors (Lipinski definition) is 1. The van der Waals surface area contributed by atoms with Crippen LogP contribution < -0.4 is 5.32 Å². The fourth-order valence-electron chi connectivity index (χ4n) is 3.08. The van der Waals surface area contributed by atoms with Crippen molar-refractivity contribution in [1.29, 1.82) is 0 Å². The average Bonchev–Trinajstić information content (AvgIpc) is 2.87. The monoisotopic (exact) mass is 246 g/mol. The number of carbonyl (C=O) groups excluding carboxylic acids is 2. The topological polar surface area (TPSA) is 51.1 Å². The lowest BCUT2D eigenvalue weighted by Gasteiger charge is -2.19. The largest absolute Gasteiger partial charge is 0.352 e. The standard InChI is InChI=1S/C14H18N2O2/c1-9-7-11-12(3-2-4-13(11)17)16(9)8-10-5-6-14(18)15-10/h7,10H,2-6,8H2,1H3,(H,15,18).